The minimum Gasteiger partial charge on any atom is -0.465 e. The molecule has 0 aliphatic rings. The summed E-state index contributed by atoms with van der Waals surface area (Å²) in [4.78, 5) is 13.0. The second-order valence-corrected chi connectivity index (χ2v) is 5.14. The average Bonchev–Trinajstić information content (AvgIpc) is 2.98. The average molecular weight is 275 g/mol. The molecule has 1 unspecified atom stereocenters. The molecule has 2 rings (SSSR count). The van der Waals surface area contributed by atoms with E-state index in [1.54, 1.807) is 17.4 Å². The summed E-state index contributed by atoms with van der Waals surface area (Å²) >= 11 is 1.72. The number of para-hydroxylation sites is 1. The topological polar surface area (TPSA) is 38.3 Å². The van der Waals surface area contributed by atoms with Crippen molar-refractivity contribution < 1.29 is 9.53 Å². The lowest BCUT2D eigenvalue weighted by Crippen LogP contribution is -2.12. The fourth-order valence-electron chi connectivity index (χ4n) is 1.95. The first kappa shape index (κ1) is 13.6. The van der Waals surface area contributed by atoms with Gasteiger partial charge in [0, 0.05) is 10.6 Å². The van der Waals surface area contributed by atoms with Crippen LogP contribution in [0.3, 0.4) is 0 Å². The number of methoxy groups -OCH3 is 1. The lowest BCUT2D eigenvalue weighted by molar-refractivity contribution is 0.0602. The third kappa shape index (κ3) is 3.15. The molecule has 2 aromatic rings. The number of ether oxygens (including phenoxy) is 1. The van der Waals surface area contributed by atoms with Crippen molar-refractivity contribution in [2.45, 2.75) is 19.4 Å². The van der Waals surface area contributed by atoms with E-state index in [9.17, 15) is 4.79 Å². The number of nitrogens with one attached hydrogen (secondary N) is 1. The summed E-state index contributed by atoms with van der Waals surface area (Å²) in [6, 6.07) is 11.8. The van der Waals surface area contributed by atoms with Gasteiger partial charge in [-0.15, -0.1) is 11.3 Å². The van der Waals surface area contributed by atoms with E-state index >= 15 is 0 Å². The van der Waals surface area contributed by atoms with Crippen LogP contribution in [-0.4, -0.2) is 13.1 Å². The SMILES string of the molecule is CCC(Nc1ccccc1C(=O)OC)c1cccs1. The number of carbonyl (C=O) groups is 1. The van der Waals surface area contributed by atoms with Gasteiger partial charge in [-0.2, -0.15) is 0 Å². The zero-order chi connectivity index (χ0) is 13.7. The first-order valence-corrected chi connectivity index (χ1v) is 7.11. The molecule has 1 aromatic carbocycles. The highest BCUT2D eigenvalue weighted by atomic mass is 32.1. The van der Waals surface area contributed by atoms with Crippen LogP contribution in [-0.2, 0) is 4.74 Å². The largest absolute Gasteiger partial charge is 0.465 e. The molecule has 0 fully saturated rings. The second-order valence-electron chi connectivity index (χ2n) is 4.16. The maximum Gasteiger partial charge on any atom is 0.339 e. The van der Waals surface area contributed by atoms with Gasteiger partial charge < -0.3 is 10.1 Å². The second kappa shape index (κ2) is 6.38. The fourth-order valence-corrected chi connectivity index (χ4v) is 2.81. The maximum absolute atomic E-state index is 11.7. The molecule has 0 aliphatic heterocycles. The number of hydrogen-bond acceptors (Lipinski definition) is 4. The zero-order valence-corrected chi connectivity index (χ0v) is 11.9. The van der Waals surface area contributed by atoms with E-state index in [0.717, 1.165) is 12.1 Å². The smallest absolute Gasteiger partial charge is 0.339 e. The molecule has 0 amide bonds. The van der Waals surface area contributed by atoms with Gasteiger partial charge in [0.2, 0.25) is 0 Å². The Kier molecular flexibility index (Phi) is 4.58. The number of carbonyl (C=O) groups excluding carboxylic acids is 1. The molecule has 19 heavy (non-hydrogen) atoms. The molecule has 0 aliphatic carbocycles. The van der Waals surface area contributed by atoms with Crippen molar-refractivity contribution >= 4 is 23.0 Å². The van der Waals surface area contributed by atoms with Gasteiger partial charge in [0.05, 0.1) is 18.7 Å². The van der Waals surface area contributed by atoms with E-state index in [-0.39, 0.29) is 12.0 Å². The Labute approximate surface area is 117 Å². The quantitative estimate of drug-likeness (QED) is 0.835. The molecule has 1 N–H and O–H groups in total. The third-order valence-corrected chi connectivity index (χ3v) is 3.94. The summed E-state index contributed by atoms with van der Waals surface area (Å²) in [5.41, 5.74) is 1.38. The van der Waals surface area contributed by atoms with E-state index in [1.165, 1.54) is 12.0 Å². The molecule has 1 aromatic heterocycles. The minimum atomic E-state index is -0.316. The van der Waals surface area contributed by atoms with E-state index < -0.39 is 0 Å². The first-order valence-electron chi connectivity index (χ1n) is 6.23. The van der Waals surface area contributed by atoms with E-state index in [4.69, 9.17) is 4.74 Å². The van der Waals surface area contributed by atoms with Crippen molar-refractivity contribution in [3.05, 3.63) is 52.2 Å². The van der Waals surface area contributed by atoms with Gasteiger partial charge in [-0.25, -0.2) is 4.79 Å². The Balaban J connectivity index is 2.25. The molecule has 1 heterocycles. The van der Waals surface area contributed by atoms with Crippen LogP contribution in [0.2, 0.25) is 0 Å². The molecule has 0 spiro atoms. The van der Waals surface area contributed by atoms with Gasteiger partial charge in [0.15, 0.2) is 0 Å². The molecular formula is C15H17NO2S. The van der Waals surface area contributed by atoms with Gasteiger partial charge >= 0.3 is 5.97 Å². The maximum atomic E-state index is 11.7. The van der Waals surface area contributed by atoms with Gasteiger partial charge in [-0.3, -0.25) is 0 Å². The normalized spacial score (nSPS) is 11.9. The van der Waals surface area contributed by atoms with Crippen LogP contribution in [0.1, 0.15) is 34.6 Å². The van der Waals surface area contributed by atoms with Gasteiger partial charge in [-0.05, 0) is 30.0 Å². The molecule has 100 valence electrons. The number of anilines is 1. The number of hydrogen-bond donors (Lipinski definition) is 1. The molecule has 0 radical (unpaired) electrons. The molecule has 4 heteroatoms. The summed E-state index contributed by atoms with van der Waals surface area (Å²) in [6.07, 6.45) is 0.954. The molecule has 3 nitrogen and oxygen atoms in total. The van der Waals surface area contributed by atoms with Crippen LogP contribution >= 0.6 is 11.3 Å². The molecular weight excluding hydrogens is 258 g/mol. The summed E-state index contributed by atoms with van der Waals surface area (Å²) in [5, 5.41) is 5.49. The van der Waals surface area contributed by atoms with Gasteiger partial charge in [-0.1, -0.05) is 25.1 Å². The fraction of sp³-hybridized carbons (Fsp3) is 0.267. The number of thiophene rings is 1. The molecule has 1 atom stereocenters. The Morgan fingerprint density at radius 2 is 2.11 bits per heavy atom. The zero-order valence-electron chi connectivity index (χ0n) is 11.1. The van der Waals surface area contributed by atoms with E-state index in [1.807, 2.05) is 24.3 Å². The minimum absolute atomic E-state index is 0.214. The van der Waals surface area contributed by atoms with Crippen LogP contribution in [0.25, 0.3) is 0 Å². The van der Waals surface area contributed by atoms with Crippen molar-refractivity contribution in [2.24, 2.45) is 0 Å². The lowest BCUT2D eigenvalue weighted by Gasteiger charge is -2.18. The van der Waals surface area contributed by atoms with Crippen molar-refractivity contribution in [1.82, 2.24) is 0 Å². The van der Waals surface area contributed by atoms with Crippen molar-refractivity contribution in [3.8, 4) is 0 Å². The number of rotatable bonds is 5. The van der Waals surface area contributed by atoms with Crippen molar-refractivity contribution in [3.63, 3.8) is 0 Å². The van der Waals surface area contributed by atoms with E-state index in [0.29, 0.717) is 5.56 Å². The predicted octanol–water partition coefficient (Wildman–Crippen LogP) is 4.10. The lowest BCUT2D eigenvalue weighted by atomic mass is 10.1. The van der Waals surface area contributed by atoms with Crippen LogP contribution in [0.15, 0.2) is 41.8 Å². The van der Waals surface area contributed by atoms with Crippen molar-refractivity contribution in [2.75, 3.05) is 12.4 Å². The summed E-state index contributed by atoms with van der Waals surface area (Å²) in [6.45, 7) is 2.12. The number of benzene rings is 1. The van der Waals surface area contributed by atoms with Crippen molar-refractivity contribution in [1.29, 1.82) is 0 Å². The molecule has 0 bridgehead atoms. The van der Waals surface area contributed by atoms with Gasteiger partial charge in [0.1, 0.15) is 0 Å². The van der Waals surface area contributed by atoms with Crippen LogP contribution in [0.5, 0.6) is 0 Å². The molecule has 0 saturated heterocycles. The number of esters is 1. The van der Waals surface area contributed by atoms with Gasteiger partial charge in [0.25, 0.3) is 0 Å². The highest BCUT2D eigenvalue weighted by Gasteiger charge is 2.15. The molecule has 0 saturated carbocycles. The Morgan fingerprint density at radius 1 is 1.32 bits per heavy atom. The van der Waals surface area contributed by atoms with Crippen LogP contribution in [0, 0.1) is 0 Å². The van der Waals surface area contributed by atoms with Crippen LogP contribution in [0.4, 0.5) is 5.69 Å². The first-order chi connectivity index (χ1) is 9.26. The summed E-state index contributed by atoms with van der Waals surface area (Å²) in [5.74, 6) is -0.316. The van der Waals surface area contributed by atoms with Crippen LogP contribution < -0.4 is 5.32 Å². The summed E-state index contributed by atoms with van der Waals surface area (Å²) < 4.78 is 4.81. The predicted molar refractivity (Wildman–Crippen MR) is 78.8 cm³/mol. The highest BCUT2D eigenvalue weighted by Crippen LogP contribution is 2.28. The highest BCUT2D eigenvalue weighted by molar-refractivity contribution is 7.10. The Hall–Kier alpha value is -1.81. The standard InChI is InChI=1S/C15H17NO2S/c1-3-12(14-9-6-10-19-14)16-13-8-5-4-7-11(13)15(17)18-2/h4-10,12,16H,3H2,1-2H3. The van der Waals surface area contributed by atoms with E-state index in [2.05, 4.69) is 23.7 Å². The third-order valence-electron chi connectivity index (χ3n) is 2.96. The Bertz CT molecular complexity index is 537. The Morgan fingerprint density at radius 3 is 2.74 bits per heavy atom. The summed E-state index contributed by atoms with van der Waals surface area (Å²) in [7, 11) is 1.40. The monoisotopic (exact) mass is 275 g/mol.